The number of piperidine rings is 1. The summed E-state index contributed by atoms with van der Waals surface area (Å²) in [5.74, 6) is 0. The predicted molar refractivity (Wildman–Crippen MR) is 98.6 cm³/mol. The average molecular weight is 396 g/mol. The monoisotopic (exact) mass is 395 g/mol. The minimum atomic E-state index is -3.74. The molecule has 3 heterocycles. The zero-order chi connectivity index (χ0) is 18.5. The fourth-order valence-corrected chi connectivity index (χ4v) is 7.25. The Bertz CT molecular complexity index is 1030. The van der Waals surface area contributed by atoms with E-state index in [4.69, 9.17) is 0 Å². The quantitative estimate of drug-likeness (QED) is 0.846. The number of pyridine rings is 1. The SMILES string of the molecule is CS(=O)(=O)N1C2CCC1CC(NS(=O)(=O)c1cccc3cccnc13)C2. The van der Waals surface area contributed by atoms with Crippen LogP contribution in [-0.4, -0.2) is 50.5 Å². The third-order valence-electron chi connectivity index (χ3n) is 5.26. The van der Waals surface area contributed by atoms with Crippen LogP contribution < -0.4 is 4.72 Å². The molecule has 26 heavy (non-hydrogen) atoms. The van der Waals surface area contributed by atoms with Crippen LogP contribution in [-0.2, 0) is 20.0 Å². The van der Waals surface area contributed by atoms with Crippen molar-refractivity contribution in [2.45, 2.75) is 48.7 Å². The highest BCUT2D eigenvalue weighted by Crippen LogP contribution is 2.38. The molecule has 0 aliphatic carbocycles. The van der Waals surface area contributed by atoms with Gasteiger partial charge in [0.15, 0.2) is 0 Å². The van der Waals surface area contributed by atoms with E-state index in [1.807, 2.05) is 12.1 Å². The van der Waals surface area contributed by atoms with Crippen LogP contribution in [0, 0.1) is 0 Å². The van der Waals surface area contributed by atoms with E-state index in [9.17, 15) is 16.8 Å². The molecule has 0 radical (unpaired) electrons. The lowest BCUT2D eigenvalue weighted by atomic mass is 10.0. The van der Waals surface area contributed by atoms with Gasteiger partial charge in [0.1, 0.15) is 4.90 Å². The Morgan fingerprint density at radius 2 is 1.69 bits per heavy atom. The van der Waals surface area contributed by atoms with Gasteiger partial charge in [-0.1, -0.05) is 18.2 Å². The first-order valence-corrected chi connectivity index (χ1v) is 11.9. The lowest BCUT2D eigenvalue weighted by molar-refractivity contribution is 0.221. The van der Waals surface area contributed by atoms with Crippen molar-refractivity contribution in [2.75, 3.05) is 6.26 Å². The largest absolute Gasteiger partial charge is 0.255 e. The maximum atomic E-state index is 12.9. The number of hydrogen-bond donors (Lipinski definition) is 1. The fourth-order valence-electron chi connectivity index (χ4n) is 4.35. The third-order valence-corrected chi connectivity index (χ3v) is 8.17. The highest BCUT2D eigenvalue weighted by atomic mass is 32.2. The molecule has 2 unspecified atom stereocenters. The molecular weight excluding hydrogens is 374 g/mol. The Morgan fingerprint density at radius 3 is 2.35 bits per heavy atom. The van der Waals surface area contributed by atoms with Crippen LogP contribution in [0.15, 0.2) is 41.4 Å². The Labute approximate surface area is 153 Å². The number of sulfonamides is 2. The van der Waals surface area contributed by atoms with Gasteiger partial charge in [-0.2, -0.15) is 4.31 Å². The van der Waals surface area contributed by atoms with E-state index in [0.717, 1.165) is 18.2 Å². The lowest BCUT2D eigenvalue weighted by Crippen LogP contribution is -2.52. The Kier molecular flexibility index (Phi) is 4.30. The Hall–Kier alpha value is -1.55. The van der Waals surface area contributed by atoms with Crippen molar-refractivity contribution in [3.63, 3.8) is 0 Å². The number of nitrogens with one attached hydrogen (secondary N) is 1. The minimum Gasteiger partial charge on any atom is -0.255 e. The normalized spacial score (nSPS) is 27.0. The Morgan fingerprint density at radius 1 is 1.04 bits per heavy atom. The summed E-state index contributed by atoms with van der Waals surface area (Å²) >= 11 is 0. The third kappa shape index (κ3) is 3.13. The summed E-state index contributed by atoms with van der Waals surface area (Å²) < 4.78 is 54.2. The summed E-state index contributed by atoms with van der Waals surface area (Å²) in [6.45, 7) is 0. The van der Waals surface area contributed by atoms with E-state index in [1.165, 1.54) is 6.26 Å². The van der Waals surface area contributed by atoms with Crippen LogP contribution in [0.3, 0.4) is 0 Å². The van der Waals surface area contributed by atoms with Crippen LogP contribution in [0.2, 0.25) is 0 Å². The van der Waals surface area contributed by atoms with E-state index in [-0.39, 0.29) is 23.0 Å². The number of benzene rings is 1. The van der Waals surface area contributed by atoms with Gasteiger partial charge in [-0.15, -0.1) is 0 Å². The van der Waals surface area contributed by atoms with Crippen molar-refractivity contribution in [1.82, 2.24) is 14.0 Å². The molecular formula is C17H21N3O4S2. The number of aromatic nitrogens is 1. The second-order valence-electron chi connectivity index (χ2n) is 7.10. The standard InChI is InChI=1S/C17H21N3O4S2/c1-25(21,22)20-14-7-8-15(20)11-13(10-14)19-26(23,24)16-6-2-4-12-5-3-9-18-17(12)16/h2-6,9,13-15,19H,7-8,10-11H2,1H3. The molecule has 1 N–H and O–H groups in total. The molecule has 2 bridgehead atoms. The van der Waals surface area contributed by atoms with Crippen LogP contribution in [0.25, 0.3) is 10.9 Å². The predicted octanol–water partition coefficient (Wildman–Crippen LogP) is 1.47. The van der Waals surface area contributed by atoms with Crippen molar-refractivity contribution in [3.8, 4) is 0 Å². The zero-order valence-corrected chi connectivity index (χ0v) is 16.0. The number of nitrogens with zero attached hydrogens (tertiary/aromatic N) is 2. The molecule has 9 heteroatoms. The van der Waals surface area contributed by atoms with Crippen LogP contribution in [0.5, 0.6) is 0 Å². The smallest absolute Gasteiger partial charge is 0.242 e. The molecule has 2 aromatic rings. The summed E-state index contributed by atoms with van der Waals surface area (Å²) in [6, 6.07) is 8.16. The Balaban J connectivity index is 1.60. The molecule has 2 aliphatic heterocycles. The van der Waals surface area contributed by atoms with Crippen LogP contribution >= 0.6 is 0 Å². The summed E-state index contributed by atoms with van der Waals surface area (Å²) in [6.07, 6.45) is 5.37. The van der Waals surface area contributed by atoms with E-state index in [1.54, 1.807) is 28.7 Å². The van der Waals surface area contributed by atoms with Gasteiger partial charge >= 0.3 is 0 Å². The van der Waals surface area contributed by atoms with Gasteiger partial charge in [-0.3, -0.25) is 4.98 Å². The highest BCUT2D eigenvalue weighted by Gasteiger charge is 2.46. The first kappa shape index (κ1) is 17.8. The summed E-state index contributed by atoms with van der Waals surface area (Å²) in [5.41, 5.74) is 0.444. The number of para-hydroxylation sites is 1. The second kappa shape index (κ2) is 6.26. The van der Waals surface area contributed by atoms with Crippen molar-refractivity contribution in [3.05, 3.63) is 36.5 Å². The van der Waals surface area contributed by atoms with Gasteiger partial charge in [-0.25, -0.2) is 21.6 Å². The van der Waals surface area contributed by atoms with Crippen LogP contribution in [0.4, 0.5) is 0 Å². The number of fused-ring (bicyclic) bond motifs is 3. The van der Waals surface area contributed by atoms with Gasteiger partial charge < -0.3 is 0 Å². The molecule has 140 valence electrons. The molecule has 7 nitrogen and oxygen atoms in total. The van der Waals surface area contributed by atoms with Crippen molar-refractivity contribution in [2.24, 2.45) is 0 Å². The average Bonchev–Trinajstić information content (AvgIpc) is 2.86. The maximum absolute atomic E-state index is 12.9. The summed E-state index contributed by atoms with van der Waals surface area (Å²) in [5, 5.41) is 0.766. The lowest BCUT2D eigenvalue weighted by Gasteiger charge is -2.37. The number of hydrogen-bond acceptors (Lipinski definition) is 5. The van der Waals surface area contributed by atoms with E-state index in [0.29, 0.717) is 18.4 Å². The molecule has 2 saturated heterocycles. The van der Waals surface area contributed by atoms with Crippen LogP contribution in [0.1, 0.15) is 25.7 Å². The van der Waals surface area contributed by atoms with Crippen molar-refractivity contribution >= 4 is 30.9 Å². The van der Waals surface area contributed by atoms with Crippen molar-refractivity contribution < 1.29 is 16.8 Å². The molecule has 1 aromatic carbocycles. The highest BCUT2D eigenvalue weighted by molar-refractivity contribution is 7.89. The topological polar surface area (TPSA) is 96.4 Å². The maximum Gasteiger partial charge on any atom is 0.242 e. The van der Waals surface area contributed by atoms with E-state index in [2.05, 4.69) is 9.71 Å². The van der Waals surface area contributed by atoms with Crippen molar-refractivity contribution in [1.29, 1.82) is 0 Å². The molecule has 4 rings (SSSR count). The minimum absolute atomic E-state index is 0.123. The molecule has 2 fully saturated rings. The van der Waals surface area contributed by atoms with Gasteiger partial charge in [0, 0.05) is 29.7 Å². The van der Waals surface area contributed by atoms with Gasteiger partial charge in [0.25, 0.3) is 0 Å². The van der Waals surface area contributed by atoms with E-state index >= 15 is 0 Å². The van der Waals surface area contributed by atoms with Gasteiger partial charge in [-0.05, 0) is 37.8 Å². The van der Waals surface area contributed by atoms with Gasteiger partial charge in [0.2, 0.25) is 20.0 Å². The summed E-state index contributed by atoms with van der Waals surface area (Å²) in [4.78, 5) is 4.38. The zero-order valence-electron chi connectivity index (χ0n) is 14.4. The first-order valence-electron chi connectivity index (χ1n) is 8.60. The van der Waals surface area contributed by atoms with E-state index < -0.39 is 20.0 Å². The molecule has 2 atom stereocenters. The molecule has 2 aliphatic rings. The molecule has 0 spiro atoms. The number of rotatable bonds is 4. The molecule has 0 saturated carbocycles. The first-order chi connectivity index (χ1) is 12.3. The summed E-state index contributed by atoms with van der Waals surface area (Å²) in [7, 11) is -7.00. The second-order valence-corrected chi connectivity index (χ2v) is 10.7. The van der Waals surface area contributed by atoms with Gasteiger partial charge in [0.05, 0.1) is 11.8 Å². The molecule has 1 aromatic heterocycles. The fraction of sp³-hybridized carbons (Fsp3) is 0.471. The molecule has 0 amide bonds.